The van der Waals surface area contributed by atoms with E-state index in [1.54, 1.807) is 0 Å². The minimum Gasteiger partial charge on any atom is -0.380 e. The second kappa shape index (κ2) is 9.55. The molecule has 2 N–H and O–H groups in total. The number of unbranched alkanes of at least 4 members (excludes halogenated alkanes) is 1. The number of nitrogens with one attached hydrogen (secondary N) is 2. The van der Waals surface area contributed by atoms with E-state index in [1.165, 1.54) is 6.42 Å². The third kappa shape index (κ3) is 6.96. The first-order valence-corrected chi connectivity index (χ1v) is 7.17. The molecule has 1 aromatic heterocycles. The van der Waals surface area contributed by atoms with Gasteiger partial charge in [0.05, 0.1) is 6.61 Å². The summed E-state index contributed by atoms with van der Waals surface area (Å²) in [5, 5.41) is 6.46. The van der Waals surface area contributed by atoms with Gasteiger partial charge in [0, 0.05) is 31.5 Å². The number of hydrogen-bond donors (Lipinski definition) is 2. The lowest BCUT2D eigenvalue weighted by molar-refractivity contribution is 0.141. The van der Waals surface area contributed by atoms with Gasteiger partial charge in [0.15, 0.2) is 0 Å². The maximum absolute atomic E-state index is 5.50. The van der Waals surface area contributed by atoms with E-state index in [1.807, 2.05) is 13.0 Å². The van der Waals surface area contributed by atoms with Crippen molar-refractivity contribution in [2.75, 3.05) is 36.9 Å². The molecule has 0 unspecified atom stereocenters. The Bertz CT molecular complexity index is 357. The van der Waals surface area contributed by atoms with Gasteiger partial charge in [-0.15, -0.1) is 0 Å². The molecule has 108 valence electrons. The highest BCUT2D eigenvalue weighted by atomic mass is 16.5. The van der Waals surface area contributed by atoms with Crippen molar-refractivity contribution in [1.29, 1.82) is 0 Å². The fourth-order valence-electron chi connectivity index (χ4n) is 1.57. The summed E-state index contributed by atoms with van der Waals surface area (Å²) >= 11 is 0. The van der Waals surface area contributed by atoms with Crippen LogP contribution in [-0.2, 0) is 4.74 Å². The van der Waals surface area contributed by atoms with E-state index in [9.17, 15) is 0 Å². The SMILES string of the molecule is CCCCOCCNc1cc(C)nc(NCCC)n1. The van der Waals surface area contributed by atoms with Crippen LogP contribution in [0.25, 0.3) is 0 Å². The molecule has 0 fully saturated rings. The first-order valence-electron chi connectivity index (χ1n) is 7.17. The predicted octanol–water partition coefficient (Wildman–Crippen LogP) is 2.84. The van der Waals surface area contributed by atoms with Gasteiger partial charge in [-0.3, -0.25) is 0 Å². The van der Waals surface area contributed by atoms with Crippen LogP contribution in [0.2, 0.25) is 0 Å². The number of ether oxygens (including phenoxy) is 1. The molecule has 1 aromatic rings. The summed E-state index contributed by atoms with van der Waals surface area (Å²) < 4.78 is 5.50. The smallest absolute Gasteiger partial charge is 0.224 e. The van der Waals surface area contributed by atoms with Crippen LogP contribution in [0.5, 0.6) is 0 Å². The highest BCUT2D eigenvalue weighted by molar-refractivity contribution is 5.42. The lowest BCUT2D eigenvalue weighted by atomic mass is 10.4. The highest BCUT2D eigenvalue weighted by Crippen LogP contribution is 2.09. The molecule has 19 heavy (non-hydrogen) atoms. The van der Waals surface area contributed by atoms with E-state index in [4.69, 9.17) is 4.74 Å². The Balaban J connectivity index is 2.34. The molecule has 0 amide bonds. The molecule has 0 aromatic carbocycles. The van der Waals surface area contributed by atoms with Gasteiger partial charge in [-0.1, -0.05) is 20.3 Å². The van der Waals surface area contributed by atoms with Crippen molar-refractivity contribution >= 4 is 11.8 Å². The molecular weight excluding hydrogens is 240 g/mol. The summed E-state index contributed by atoms with van der Waals surface area (Å²) in [5.41, 5.74) is 0.961. The van der Waals surface area contributed by atoms with Crippen molar-refractivity contribution in [2.24, 2.45) is 0 Å². The Morgan fingerprint density at radius 3 is 2.63 bits per heavy atom. The molecule has 0 bridgehead atoms. The zero-order valence-corrected chi connectivity index (χ0v) is 12.3. The van der Waals surface area contributed by atoms with Gasteiger partial charge < -0.3 is 15.4 Å². The van der Waals surface area contributed by atoms with Crippen molar-refractivity contribution in [3.63, 3.8) is 0 Å². The standard InChI is InChI=1S/C14H26N4O/c1-4-6-9-19-10-8-15-13-11-12(3)17-14(18-13)16-7-5-2/h11H,4-10H2,1-3H3,(H2,15,16,17,18). The van der Waals surface area contributed by atoms with Crippen LogP contribution in [0.1, 0.15) is 38.8 Å². The molecule has 5 heteroatoms. The van der Waals surface area contributed by atoms with Crippen LogP contribution in [0.3, 0.4) is 0 Å². The van der Waals surface area contributed by atoms with Crippen molar-refractivity contribution in [3.05, 3.63) is 11.8 Å². The minimum absolute atomic E-state index is 0.691. The number of nitrogens with zero attached hydrogens (tertiary/aromatic N) is 2. The van der Waals surface area contributed by atoms with E-state index < -0.39 is 0 Å². The Morgan fingerprint density at radius 1 is 1.05 bits per heavy atom. The van der Waals surface area contributed by atoms with Gasteiger partial charge in [-0.2, -0.15) is 4.98 Å². The van der Waals surface area contributed by atoms with Crippen LogP contribution in [-0.4, -0.2) is 36.3 Å². The average molecular weight is 266 g/mol. The molecule has 1 rings (SSSR count). The first-order chi connectivity index (χ1) is 9.26. The maximum atomic E-state index is 5.50. The lowest BCUT2D eigenvalue weighted by Gasteiger charge is -2.09. The van der Waals surface area contributed by atoms with Gasteiger partial charge in [0.2, 0.25) is 5.95 Å². The summed E-state index contributed by atoms with van der Waals surface area (Å²) in [7, 11) is 0. The molecule has 5 nitrogen and oxygen atoms in total. The Hall–Kier alpha value is -1.36. The van der Waals surface area contributed by atoms with E-state index >= 15 is 0 Å². The molecule has 0 aliphatic carbocycles. The van der Waals surface area contributed by atoms with Crippen LogP contribution in [0.15, 0.2) is 6.07 Å². The number of aromatic nitrogens is 2. The zero-order valence-electron chi connectivity index (χ0n) is 12.3. The summed E-state index contributed by atoms with van der Waals surface area (Å²) in [5.74, 6) is 1.54. The monoisotopic (exact) mass is 266 g/mol. The fraction of sp³-hybridized carbons (Fsp3) is 0.714. The molecular formula is C14H26N4O. The second-order valence-electron chi connectivity index (χ2n) is 4.54. The second-order valence-corrected chi connectivity index (χ2v) is 4.54. The summed E-state index contributed by atoms with van der Waals surface area (Å²) in [6.07, 6.45) is 3.36. The van der Waals surface area contributed by atoms with Gasteiger partial charge in [-0.05, 0) is 19.8 Å². The van der Waals surface area contributed by atoms with E-state index in [0.717, 1.165) is 44.0 Å². The van der Waals surface area contributed by atoms with Crippen molar-refractivity contribution < 1.29 is 4.74 Å². The third-order valence-corrected chi connectivity index (χ3v) is 2.58. The topological polar surface area (TPSA) is 59.1 Å². The lowest BCUT2D eigenvalue weighted by Crippen LogP contribution is -2.13. The number of rotatable bonds is 10. The number of hydrogen-bond acceptors (Lipinski definition) is 5. The van der Waals surface area contributed by atoms with Crippen molar-refractivity contribution in [3.8, 4) is 0 Å². The van der Waals surface area contributed by atoms with Gasteiger partial charge in [0.25, 0.3) is 0 Å². The predicted molar refractivity (Wildman–Crippen MR) is 79.8 cm³/mol. The molecule has 0 atom stereocenters. The number of aryl methyl sites for hydroxylation is 1. The van der Waals surface area contributed by atoms with E-state index in [0.29, 0.717) is 12.6 Å². The van der Waals surface area contributed by atoms with Crippen molar-refractivity contribution in [1.82, 2.24) is 9.97 Å². The van der Waals surface area contributed by atoms with Crippen molar-refractivity contribution in [2.45, 2.75) is 40.0 Å². The van der Waals surface area contributed by atoms with Crippen LogP contribution >= 0.6 is 0 Å². The Kier molecular flexibility index (Phi) is 7.89. The third-order valence-electron chi connectivity index (χ3n) is 2.58. The maximum Gasteiger partial charge on any atom is 0.224 e. The van der Waals surface area contributed by atoms with Gasteiger partial charge in [-0.25, -0.2) is 4.98 Å². The molecule has 0 spiro atoms. The van der Waals surface area contributed by atoms with Gasteiger partial charge in [0.1, 0.15) is 5.82 Å². The minimum atomic E-state index is 0.691. The highest BCUT2D eigenvalue weighted by Gasteiger charge is 2.01. The van der Waals surface area contributed by atoms with E-state index in [2.05, 4.69) is 34.4 Å². The molecule has 0 saturated carbocycles. The van der Waals surface area contributed by atoms with Crippen LogP contribution < -0.4 is 10.6 Å². The fourth-order valence-corrected chi connectivity index (χ4v) is 1.57. The normalized spacial score (nSPS) is 10.5. The molecule has 0 radical (unpaired) electrons. The molecule has 0 saturated heterocycles. The average Bonchev–Trinajstić information content (AvgIpc) is 2.40. The summed E-state index contributed by atoms with van der Waals surface area (Å²) in [6.45, 7) is 9.47. The Morgan fingerprint density at radius 2 is 1.89 bits per heavy atom. The Labute approximate surface area is 116 Å². The zero-order chi connectivity index (χ0) is 13.9. The molecule has 0 aliphatic rings. The largest absolute Gasteiger partial charge is 0.380 e. The quantitative estimate of drug-likeness (QED) is 0.638. The van der Waals surface area contributed by atoms with Crippen LogP contribution in [0, 0.1) is 6.92 Å². The number of anilines is 2. The first kappa shape index (κ1) is 15.7. The molecule has 1 heterocycles. The summed E-state index contributed by atoms with van der Waals surface area (Å²) in [4.78, 5) is 8.76. The summed E-state index contributed by atoms with van der Waals surface area (Å²) in [6, 6.07) is 1.95. The van der Waals surface area contributed by atoms with Gasteiger partial charge >= 0.3 is 0 Å². The van der Waals surface area contributed by atoms with Crippen LogP contribution in [0.4, 0.5) is 11.8 Å². The molecule has 0 aliphatic heterocycles. The van der Waals surface area contributed by atoms with E-state index in [-0.39, 0.29) is 0 Å².